The zero-order valence-corrected chi connectivity index (χ0v) is 30.7. The van der Waals surface area contributed by atoms with E-state index in [1.165, 1.54) is 31.5 Å². The third-order valence-electron chi connectivity index (χ3n) is 8.82. The Kier molecular flexibility index (Phi) is 12.3. The Bertz CT molecular complexity index is 2140. The standard InChI is InChI=1S/C39H39N6O6S2/c1-51-39(47)31-23-30(25-40-26-31)35-10-6-5-7-29(35)27-44-18-20-45(21-19-44)32-13-11-28(12-14-32)38(46)43-53(49,50)34-15-16-36(37(24-34)42-48)41-17-22-52-33-8-3-2-4-9-33/h2-16,23-26,41-42H,17-22,27H2,1H3,(H,43,46)/q-1. The van der Waals surface area contributed by atoms with Gasteiger partial charge in [0.05, 0.1) is 23.3 Å². The van der Waals surface area contributed by atoms with Gasteiger partial charge in [0.2, 0.25) is 0 Å². The maximum atomic E-state index is 13.1. The Morgan fingerprint density at radius 3 is 2.32 bits per heavy atom. The minimum atomic E-state index is -4.26. The van der Waals surface area contributed by atoms with Crippen LogP contribution >= 0.6 is 11.8 Å². The molecule has 3 N–H and O–H groups in total. The summed E-state index contributed by atoms with van der Waals surface area (Å²) in [5.41, 5.74) is 6.80. The van der Waals surface area contributed by atoms with Gasteiger partial charge in [-0.15, -0.1) is 11.8 Å². The summed E-state index contributed by atoms with van der Waals surface area (Å²) in [6, 6.07) is 30.6. The second kappa shape index (κ2) is 17.4. The van der Waals surface area contributed by atoms with E-state index in [1.807, 2.05) is 60.7 Å². The molecule has 1 fully saturated rings. The van der Waals surface area contributed by atoms with Crippen LogP contribution in [0.5, 0.6) is 0 Å². The molecule has 1 amide bonds. The van der Waals surface area contributed by atoms with E-state index in [2.05, 4.69) is 30.9 Å². The van der Waals surface area contributed by atoms with Crippen molar-refractivity contribution in [3.8, 4) is 11.1 Å². The van der Waals surface area contributed by atoms with Crippen LogP contribution in [0.3, 0.4) is 0 Å². The minimum absolute atomic E-state index is 0.0569. The van der Waals surface area contributed by atoms with Crippen molar-refractivity contribution in [1.82, 2.24) is 14.6 Å². The van der Waals surface area contributed by atoms with Crippen molar-refractivity contribution < 1.29 is 22.7 Å². The van der Waals surface area contributed by atoms with Crippen LogP contribution in [-0.2, 0) is 21.3 Å². The molecule has 0 bridgehead atoms. The highest BCUT2D eigenvalue weighted by Gasteiger charge is 2.22. The molecule has 1 aliphatic rings. The third-order valence-corrected chi connectivity index (χ3v) is 11.2. The topological polar surface area (TPSA) is 156 Å². The predicted octanol–water partition coefficient (Wildman–Crippen LogP) is 6.09. The third kappa shape index (κ3) is 9.53. The highest BCUT2D eigenvalue weighted by Crippen LogP contribution is 2.28. The Labute approximate surface area is 313 Å². The summed E-state index contributed by atoms with van der Waals surface area (Å²) in [6.45, 7) is 4.39. The molecule has 5 aromatic rings. The number of thioether (sulfide) groups is 1. The number of amides is 1. The van der Waals surface area contributed by atoms with Gasteiger partial charge >= 0.3 is 5.97 Å². The molecule has 14 heteroatoms. The van der Waals surface area contributed by atoms with Gasteiger partial charge in [-0.1, -0.05) is 42.5 Å². The number of nitrogens with zero attached hydrogens (tertiary/aromatic N) is 3. The molecule has 0 spiro atoms. The number of benzene rings is 4. The van der Waals surface area contributed by atoms with Crippen molar-refractivity contribution in [2.75, 3.05) is 61.3 Å². The van der Waals surface area contributed by atoms with Crippen LogP contribution in [0.25, 0.3) is 11.1 Å². The van der Waals surface area contributed by atoms with E-state index in [-0.39, 0.29) is 16.1 Å². The number of hydrogen-bond donors (Lipinski definition) is 3. The van der Waals surface area contributed by atoms with Crippen molar-refractivity contribution in [2.45, 2.75) is 16.3 Å². The lowest BCUT2D eigenvalue weighted by Gasteiger charge is -2.36. The molecule has 0 unspecified atom stereocenters. The van der Waals surface area contributed by atoms with E-state index >= 15 is 0 Å². The molecule has 1 aromatic heterocycles. The molecule has 1 aliphatic heterocycles. The summed E-state index contributed by atoms with van der Waals surface area (Å²) in [5, 5.41) is 14.9. The quantitative estimate of drug-likeness (QED) is 0.0521. The number of esters is 1. The minimum Gasteiger partial charge on any atom is -0.761 e. The second-order valence-electron chi connectivity index (χ2n) is 12.3. The summed E-state index contributed by atoms with van der Waals surface area (Å²) in [6.07, 6.45) is 3.24. The zero-order valence-electron chi connectivity index (χ0n) is 29.0. The fourth-order valence-corrected chi connectivity index (χ4v) is 7.81. The lowest BCUT2D eigenvalue weighted by atomic mass is 9.99. The van der Waals surface area contributed by atoms with Gasteiger partial charge < -0.3 is 25.6 Å². The summed E-state index contributed by atoms with van der Waals surface area (Å²) in [4.78, 5) is 34.8. The molecule has 6 rings (SSSR count). The van der Waals surface area contributed by atoms with E-state index in [9.17, 15) is 23.2 Å². The average Bonchev–Trinajstić information content (AvgIpc) is 3.20. The monoisotopic (exact) mass is 751 g/mol. The summed E-state index contributed by atoms with van der Waals surface area (Å²) >= 11 is 1.65. The molecule has 2 heterocycles. The van der Waals surface area contributed by atoms with Crippen LogP contribution in [0.15, 0.2) is 125 Å². The number of pyridine rings is 1. The van der Waals surface area contributed by atoms with Gasteiger partial charge in [0.15, 0.2) is 0 Å². The molecule has 0 aliphatic carbocycles. The fraction of sp³-hybridized carbons (Fsp3) is 0.205. The van der Waals surface area contributed by atoms with E-state index in [4.69, 9.17) is 4.74 Å². The number of sulfonamides is 1. The summed E-state index contributed by atoms with van der Waals surface area (Å²) in [7, 11) is -2.91. The molecular formula is C39H39N6O6S2-. The Balaban J connectivity index is 1.01. The first-order valence-corrected chi connectivity index (χ1v) is 19.4. The lowest BCUT2D eigenvalue weighted by Crippen LogP contribution is -2.46. The highest BCUT2D eigenvalue weighted by atomic mass is 32.2. The molecule has 12 nitrogen and oxygen atoms in total. The van der Waals surface area contributed by atoms with E-state index in [0.717, 1.165) is 65.7 Å². The summed E-state index contributed by atoms with van der Waals surface area (Å²) in [5.74, 6) is -0.471. The van der Waals surface area contributed by atoms with Crippen LogP contribution in [0.4, 0.5) is 17.1 Å². The van der Waals surface area contributed by atoms with Crippen LogP contribution in [0.2, 0.25) is 0 Å². The van der Waals surface area contributed by atoms with Gasteiger partial charge in [-0.2, -0.15) is 0 Å². The van der Waals surface area contributed by atoms with Crippen molar-refractivity contribution >= 4 is 50.7 Å². The van der Waals surface area contributed by atoms with Gasteiger partial charge in [-0.25, -0.2) is 17.9 Å². The van der Waals surface area contributed by atoms with Gasteiger partial charge in [0.1, 0.15) is 0 Å². The number of carbonyl (C=O) groups is 2. The van der Waals surface area contributed by atoms with Gasteiger partial charge in [-0.05, 0) is 71.8 Å². The second-order valence-corrected chi connectivity index (χ2v) is 15.1. The normalized spacial score (nSPS) is 13.3. The van der Waals surface area contributed by atoms with Crippen LogP contribution in [0.1, 0.15) is 26.3 Å². The molecule has 0 saturated carbocycles. The molecule has 0 radical (unpaired) electrons. The van der Waals surface area contributed by atoms with Crippen molar-refractivity contribution in [3.63, 3.8) is 0 Å². The average molecular weight is 752 g/mol. The molecular weight excluding hydrogens is 713 g/mol. The number of aromatic nitrogens is 1. The smallest absolute Gasteiger partial charge is 0.339 e. The van der Waals surface area contributed by atoms with Crippen molar-refractivity contribution in [2.24, 2.45) is 0 Å². The Hall–Kier alpha value is -5.41. The SMILES string of the molecule is COC(=O)c1cncc(-c2ccccc2CN2CCN(c3ccc(C(=O)NS(=O)(=O)c4ccc(NCCSc5ccccc5)c(N[O-])c4)cc3)CC2)c1. The van der Waals surface area contributed by atoms with Gasteiger partial charge in [0, 0.05) is 84.8 Å². The van der Waals surface area contributed by atoms with Crippen molar-refractivity contribution in [1.29, 1.82) is 0 Å². The number of carbonyl (C=O) groups excluding carboxylic acids is 2. The number of ether oxygens (including phenoxy) is 1. The first kappa shape index (κ1) is 37.4. The van der Waals surface area contributed by atoms with Crippen LogP contribution in [0, 0.1) is 5.21 Å². The zero-order chi connectivity index (χ0) is 37.2. The van der Waals surface area contributed by atoms with Crippen LogP contribution in [-0.4, -0.2) is 75.8 Å². The number of rotatable bonds is 14. The maximum absolute atomic E-state index is 13.1. The largest absolute Gasteiger partial charge is 0.761 e. The first-order valence-electron chi connectivity index (χ1n) is 16.9. The Morgan fingerprint density at radius 2 is 1.58 bits per heavy atom. The first-order chi connectivity index (χ1) is 25.7. The highest BCUT2D eigenvalue weighted by molar-refractivity contribution is 7.99. The number of methoxy groups -OCH3 is 1. The predicted molar refractivity (Wildman–Crippen MR) is 209 cm³/mol. The van der Waals surface area contributed by atoms with Gasteiger partial charge in [-0.3, -0.25) is 14.7 Å². The van der Waals surface area contributed by atoms with E-state index in [0.29, 0.717) is 17.8 Å². The molecule has 1 saturated heterocycles. The fourth-order valence-electron chi connectivity index (χ4n) is 6.03. The number of nitrogens with one attached hydrogen (secondary N) is 3. The number of piperazine rings is 1. The van der Waals surface area contributed by atoms with E-state index in [1.54, 1.807) is 41.6 Å². The molecule has 0 atom stereocenters. The summed E-state index contributed by atoms with van der Waals surface area (Å²) < 4.78 is 33.2. The van der Waals surface area contributed by atoms with Crippen LogP contribution < -0.4 is 20.4 Å². The molecule has 274 valence electrons. The maximum Gasteiger partial charge on any atom is 0.339 e. The molecule has 53 heavy (non-hydrogen) atoms. The lowest BCUT2D eigenvalue weighted by molar-refractivity contribution is 0.0600. The number of anilines is 3. The molecule has 4 aromatic carbocycles. The van der Waals surface area contributed by atoms with E-state index < -0.39 is 21.9 Å². The Morgan fingerprint density at radius 1 is 0.849 bits per heavy atom. The number of hydrogen-bond acceptors (Lipinski definition) is 12. The van der Waals surface area contributed by atoms with Gasteiger partial charge in [0.25, 0.3) is 15.9 Å². The van der Waals surface area contributed by atoms with Crippen molar-refractivity contribution in [3.05, 3.63) is 137 Å².